The van der Waals surface area contributed by atoms with Gasteiger partial charge in [-0.05, 0) is 6.42 Å². The van der Waals surface area contributed by atoms with Gasteiger partial charge in [0, 0.05) is 17.5 Å². The molecule has 1 rings (SSSR count). The fourth-order valence-electron chi connectivity index (χ4n) is 0.913. The quantitative estimate of drug-likeness (QED) is 0.676. The van der Waals surface area contributed by atoms with E-state index in [4.69, 9.17) is 33.0 Å². The lowest BCUT2D eigenvalue weighted by atomic mass is 10.3. The number of alkyl halides is 1. The lowest BCUT2D eigenvalue weighted by Crippen LogP contribution is -1.98. The molecular formula is C9H9BrCl2O2. The number of aromatic hydroxyl groups is 1. The number of hydrogen-bond donors (Lipinski definition) is 1. The molecule has 0 saturated carbocycles. The molecule has 0 heterocycles. The van der Waals surface area contributed by atoms with Gasteiger partial charge in [0.2, 0.25) is 0 Å². The first-order valence-electron chi connectivity index (χ1n) is 4.02. The van der Waals surface area contributed by atoms with E-state index in [2.05, 4.69) is 15.9 Å². The van der Waals surface area contributed by atoms with Crippen molar-refractivity contribution in [2.75, 3.05) is 11.9 Å². The first-order chi connectivity index (χ1) is 6.65. The molecule has 1 aromatic carbocycles. The molecule has 2 nitrogen and oxygen atoms in total. The standard InChI is InChI=1S/C9H9BrCl2O2/c10-2-1-3-14-9-7(11)4-6(13)5-8(9)12/h4-5,13H,1-3H2. The number of ether oxygens (including phenoxy) is 1. The average Bonchev–Trinajstić information content (AvgIpc) is 2.09. The highest BCUT2D eigenvalue weighted by molar-refractivity contribution is 9.09. The van der Waals surface area contributed by atoms with Crippen molar-refractivity contribution in [3.05, 3.63) is 22.2 Å². The summed E-state index contributed by atoms with van der Waals surface area (Å²) in [6.07, 6.45) is 0.869. The number of halogens is 3. The molecule has 1 N–H and O–H groups in total. The SMILES string of the molecule is Oc1cc(Cl)c(OCCCBr)c(Cl)c1. The Morgan fingerprint density at radius 3 is 2.36 bits per heavy atom. The maximum Gasteiger partial charge on any atom is 0.156 e. The van der Waals surface area contributed by atoms with Crippen LogP contribution in [0.2, 0.25) is 10.0 Å². The van der Waals surface area contributed by atoms with Gasteiger partial charge in [0.05, 0.1) is 16.7 Å². The van der Waals surface area contributed by atoms with Crippen LogP contribution in [0.15, 0.2) is 12.1 Å². The van der Waals surface area contributed by atoms with Crippen LogP contribution in [0.25, 0.3) is 0 Å². The van der Waals surface area contributed by atoms with Gasteiger partial charge < -0.3 is 9.84 Å². The van der Waals surface area contributed by atoms with Crippen LogP contribution in [0, 0.1) is 0 Å². The predicted octanol–water partition coefficient (Wildman–Crippen LogP) is 3.86. The van der Waals surface area contributed by atoms with E-state index < -0.39 is 0 Å². The number of rotatable bonds is 4. The number of benzene rings is 1. The van der Waals surface area contributed by atoms with Crippen LogP contribution < -0.4 is 4.74 Å². The summed E-state index contributed by atoms with van der Waals surface area (Å²) in [5.74, 6) is 0.458. The van der Waals surface area contributed by atoms with Gasteiger partial charge in [-0.2, -0.15) is 0 Å². The summed E-state index contributed by atoms with van der Waals surface area (Å²) in [7, 11) is 0. The monoisotopic (exact) mass is 298 g/mol. The van der Waals surface area contributed by atoms with Gasteiger partial charge in [0.1, 0.15) is 5.75 Å². The first kappa shape index (κ1) is 12.0. The van der Waals surface area contributed by atoms with E-state index in [9.17, 15) is 0 Å². The minimum Gasteiger partial charge on any atom is -0.508 e. The highest BCUT2D eigenvalue weighted by Crippen LogP contribution is 2.36. The van der Waals surface area contributed by atoms with Crippen LogP contribution in [0.5, 0.6) is 11.5 Å². The summed E-state index contributed by atoms with van der Waals surface area (Å²) in [6.45, 7) is 0.537. The lowest BCUT2D eigenvalue weighted by molar-refractivity contribution is 0.319. The molecule has 0 aliphatic carbocycles. The minimum atomic E-state index is 0.0350. The fraction of sp³-hybridized carbons (Fsp3) is 0.333. The van der Waals surface area contributed by atoms with Crippen LogP contribution in [0.4, 0.5) is 0 Å². The van der Waals surface area contributed by atoms with Gasteiger partial charge in [-0.15, -0.1) is 0 Å². The van der Waals surface area contributed by atoms with Gasteiger partial charge in [-0.1, -0.05) is 39.1 Å². The molecule has 5 heteroatoms. The lowest BCUT2D eigenvalue weighted by Gasteiger charge is -2.09. The Bertz CT molecular complexity index is 295. The Morgan fingerprint density at radius 1 is 1.29 bits per heavy atom. The third-order valence-electron chi connectivity index (χ3n) is 1.51. The van der Waals surface area contributed by atoms with Crippen molar-refractivity contribution in [2.45, 2.75) is 6.42 Å². The highest BCUT2D eigenvalue weighted by atomic mass is 79.9. The largest absolute Gasteiger partial charge is 0.508 e. The Kier molecular flexibility index (Phi) is 4.85. The maximum atomic E-state index is 9.16. The summed E-state index contributed by atoms with van der Waals surface area (Å²) in [4.78, 5) is 0. The van der Waals surface area contributed by atoms with E-state index in [0.717, 1.165) is 11.8 Å². The van der Waals surface area contributed by atoms with Crippen molar-refractivity contribution in [3.63, 3.8) is 0 Å². The van der Waals surface area contributed by atoms with Crippen molar-refractivity contribution in [2.24, 2.45) is 0 Å². The normalized spacial score (nSPS) is 10.2. The molecule has 78 valence electrons. The van der Waals surface area contributed by atoms with Crippen LogP contribution in [0.3, 0.4) is 0 Å². The Labute approximate surface area is 101 Å². The first-order valence-corrected chi connectivity index (χ1v) is 5.89. The number of phenolic OH excluding ortho intramolecular Hbond substituents is 1. The molecule has 0 bridgehead atoms. The molecule has 0 saturated heterocycles. The Morgan fingerprint density at radius 2 is 1.86 bits per heavy atom. The van der Waals surface area contributed by atoms with Crippen LogP contribution in [-0.4, -0.2) is 17.0 Å². The van der Waals surface area contributed by atoms with E-state index in [0.29, 0.717) is 22.4 Å². The van der Waals surface area contributed by atoms with Crippen molar-refractivity contribution in [1.82, 2.24) is 0 Å². The Hall–Kier alpha value is -0.120. The molecule has 0 fully saturated rings. The molecule has 0 spiro atoms. The van der Waals surface area contributed by atoms with Gasteiger partial charge in [0.15, 0.2) is 5.75 Å². The van der Waals surface area contributed by atoms with Crippen molar-refractivity contribution >= 4 is 39.1 Å². The zero-order valence-electron chi connectivity index (χ0n) is 7.27. The van der Waals surface area contributed by atoms with Crippen LogP contribution >= 0.6 is 39.1 Å². The van der Waals surface area contributed by atoms with Crippen molar-refractivity contribution in [1.29, 1.82) is 0 Å². The molecule has 1 aromatic rings. The molecule has 0 aliphatic rings. The summed E-state index contributed by atoms with van der Waals surface area (Å²) in [6, 6.07) is 2.80. The molecule has 0 atom stereocenters. The van der Waals surface area contributed by atoms with E-state index >= 15 is 0 Å². The second kappa shape index (κ2) is 5.69. The summed E-state index contributed by atoms with van der Waals surface area (Å²) >= 11 is 15.0. The second-order valence-electron chi connectivity index (χ2n) is 2.63. The van der Waals surface area contributed by atoms with E-state index in [-0.39, 0.29) is 5.75 Å². The summed E-state index contributed by atoms with van der Waals surface area (Å²) in [5, 5.41) is 10.7. The van der Waals surface area contributed by atoms with Crippen LogP contribution in [0.1, 0.15) is 6.42 Å². The third-order valence-corrected chi connectivity index (χ3v) is 2.63. The fourth-order valence-corrected chi connectivity index (χ4v) is 1.73. The molecule has 14 heavy (non-hydrogen) atoms. The van der Waals surface area contributed by atoms with Gasteiger partial charge in [-0.3, -0.25) is 0 Å². The van der Waals surface area contributed by atoms with Gasteiger partial charge in [0.25, 0.3) is 0 Å². The topological polar surface area (TPSA) is 29.5 Å². The predicted molar refractivity (Wildman–Crippen MR) is 62.0 cm³/mol. The molecule has 0 aliphatic heterocycles. The van der Waals surface area contributed by atoms with Crippen LogP contribution in [-0.2, 0) is 0 Å². The van der Waals surface area contributed by atoms with E-state index in [1.54, 1.807) is 0 Å². The van der Waals surface area contributed by atoms with E-state index in [1.807, 2.05) is 0 Å². The molecule has 0 unspecified atom stereocenters. The van der Waals surface area contributed by atoms with Gasteiger partial charge in [-0.25, -0.2) is 0 Å². The average molecular weight is 300 g/mol. The second-order valence-corrected chi connectivity index (χ2v) is 4.24. The molecule has 0 aromatic heterocycles. The smallest absolute Gasteiger partial charge is 0.156 e. The maximum absolute atomic E-state index is 9.16. The number of phenols is 1. The summed E-state index contributed by atoms with van der Waals surface area (Å²) in [5.41, 5.74) is 0. The zero-order chi connectivity index (χ0) is 10.6. The van der Waals surface area contributed by atoms with Gasteiger partial charge >= 0.3 is 0 Å². The molecular weight excluding hydrogens is 291 g/mol. The van der Waals surface area contributed by atoms with Crippen molar-refractivity contribution < 1.29 is 9.84 Å². The number of hydrogen-bond acceptors (Lipinski definition) is 2. The third kappa shape index (κ3) is 3.23. The zero-order valence-corrected chi connectivity index (χ0v) is 10.4. The Balaban J connectivity index is 2.75. The van der Waals surface area contributed by atoms with Crippen molar-refractivity contribution in [3.8, 4) is 11.5 Å². The van der Waals surface area contributed by atoms with E-state index in [1.165, 1.54) is 12.1 Å². The molecule has 0 radical (unpaired) electrons. The minimum absolute atomic E-state index is 0.0350. The highest BCUT2D eigenvalue weighted by Gasteiger charge is 2.08. The summed E-state index contributed by atoms with van der Waals surface area (Å²) < 4.78 is 5.36. The molecule has 0 amide bonds.